The molecule has 2 amide bonds. The third-order valence-electron chi connectivity index (χ3n) is 3.65. The molecule has 100 valence electrons. The molecule has 0 spiro atoms. The van der Waals surface area contributed by atoms with Crippen LogP contribution in [0.1, 0.15) is 5.56 Å². The van der Waals surface area contributed by atoms with Crippen molar-refractivity contribution in [2.24, 2.45) is 4.99 Å². The van der Waals surface area contributed by atoms with Gasteiger partial charge in [-0.1, -0.05) is 36.4 Å². The third-order valence-corrected chi connectivity index (χ3v) is 3.65. The van der Waals surface area contributed by atoms with Crippen LogP contribution < -0.4 is 15.9 Å². The molecule has 0 atom stereocenters. The van der Waals surface area contributed by atoms with Crippen molar-refractivity contribution in [3.05, 3.63) is 70.7 Å². The Labute approximate surface area is 120 Å². The molecule has 4 heteroatoms. The van der Waals surface area contributed by atoms with E-state index in [-0.39, 0.29) is 11.8 Å². The van der Waals surface area contributed by atoms with Crippen molar-refractivity contribution in [2.45, 2.75) is 0 Å². The van der Waals surface area contributed by atoms with Gasteiger partial charge in [-0.3, -0.25) is 9.59 Å². The van der Waals surface area contributed by atoms with E-state index in [1.165, 1.54) is 0 Å². The molecule has 0 radical (unpaired) electrons. The number of nitrogens with zero attached hydrogens (tertiary/aromatic N) is 1. The number of para-hydroxylation sites is 2. The second-order valence-electron chi connectivity index (χ2n) is 4.91. The lowest BCUT2D eigenvalue weighted by Crippen LogP contribution is -2.21. The number of carbonyl (C=O) groups is 2. The van der Waals surface area contributed by atoms with Crippen molar-refractivity contribution in [1.29, 1.82) is 0 Å². The largest absolute Gasteiger partial charge is 0.321 e. The molecule has 0 unspecified atom stereocenters. The van der Waals surface area contributed by atoms with E-state index in [1.54, 1.807) is 12.1 Å². The van der Waals surface area contributed by atoms with Gasteiger partial charge in [0.1, 0.15) is 0 Å². The number of hydrogen-bond acceptors (Lipinski definition) is 2. The molecule has 0 fully saturated rings. The van der Waals surface area contributed by atoms with Gasteiger partial charge in [0, 0.05) is 22.0 Å². The Kier molecular flexibility index (Phi) is 2.38. The Bertz CT molecular complexity index is 955. The minimum absolute atomic E-state index is 0.194. The number of fused-ring (bicyclic) bond motifs is 2. The summed E-state index contributed by atoms with van der Waals surface area (Å²) in [4.78, 5) is 28.2. The molecule has 0 aromatic heterocycles. The average Bonchev–Trinajstić information content (AvgIpc) is 2.97. The molecule has 0 bridgehead atoms. The van der Waals surface area contributed by atoms with E-state index in [1.807, 2.05) is 42.5 Å². The van der Waals surface area contributed by atoms with Crippen LogP contribution in [0.4, 0.5) is 5.69 Å². The number of amides is 2. The first kappa shape index (κ1) is 11.8. The van der Waals surface area contributed by atoms with Crippen LogP contribution in [-0.4, -0.2) is 11.8 Å². The summed E-state index contributed by atoms with van der Waals surface area (Å²) in [5.41, 5.74) is 2.55. The summed E-state index contributed by atoms with van der Waals surface area (Å²) >= 11 is 0. The van der Waals surface area contributed by atoms with Gasteiger partial charge >= 0.3 is 0 Å². The number of benzene rings is 2. The van der Waals surface area contributed by atoms with E-state index in [0.717, 1.165) is 16.5 Å². The SMILES string of the molecule is O=C1N=c2ccccc2=C1/C=C1\C(=O)Nc2ccccc21. The highest BCUT2D eigenvalue weighted by Gasteiger charge is 2.25. The summed E-state index contributed by atoms with van der Waals surface area (Å²) in [7, 11) is 0. The molecule has 0 aliphatic carbocycles. The first-order chi connectivity index (χ1) is 10.2. The van der Waals surface area contributed by atoms with Crippen molar-refractivity contribution < 1.29 is 9.59 Å². The molecule has 2 heterocycles. The van der Waals surface area contributed by atoms with Crippen molar-refractivity contribution in [1.82, 2.24) is 0 Å². The standard InChI is InChI=1S/C17H10N2O2/c20-16-12(10-5-1-3-7-14(10)18-16)9-13-11-6-2-4-8-15(11)19-17(13)21/h1-9H,(H,18,20)/b12-9-. The van der Waals surface area contributed by atoms with Crippen molar-refractivity contribution >= 4 is 28.6 Å². The topological polar surface area (TPSA) is 58.5 Å². The number of carbonyl (C=O) groups excluding carboxylic acids is 2. The summed E-state index contributed by atoms with van der Waals surface area (Å²) in [5.74, 6) is -0.498. The molecule has 0 saturated carbocycles. The van der Waals surface area contributed by atoms with Crippen LogP contribution in [0.3, 0.4) is 0 Å². The number of hydrogen-bond donors (Lipinski definition) is 1. The van der Waals surface area contributed by atoms with Gasteiger partial charge < -0.3 is 5.32 Å². The first-order valence-corrected chi connectivity index (χ1v) is 6.59. The van der Waals surface area contributed by atoms with Crippen molar-refractivity contribution in [2.75, 3.05) is 5.32 Å². The highest BCUT2D eigenvalue weighted by molar-refractivity contribution is 6.35. The van der Waals surface area contributed by atoms with Crippen LogP contribution in [0, 0.1) is 0 Å². The maximum Gasteiger partial charge on any atom is 0.278 e. The fraction of sp³-hybridized carbons (Fsp3) is 0. The monoisotopic (exact) mass is 274 g/mol. The third kappa shape index (κ3) is 1.73. The summed E-state index contributed by atoms with van der Waals surface area (Å²) in [5, 5.41) is 4.22. The molecule has 1 N–H and O–H groups in total. The molecule has 2 aliphatic rings. The highest BCUT2D eigenvalue weighted by atomic mass is 16.2. The Morgan fingerprint density at radius 1 is 0.952 bits per heavy atom. The Balaban J connectivity index is 1.97. The van der Waals surface area contributed by atoms with Crippen molar-refractivity contribution in [3.63, 3.8) is 0 Å². The summed E-state index contributed by atoms with van der Waals surface area (Å²) in [6.07, 6.45) is 1.64. The van der Waals surface area contributed by atoms with Gasteiger partial charge in [0.15, 0.2) is 0 Å². The van der Waals surface area contributed by atoms with Crippen LogP contribution in [0.2, 0.25) is 0 Å². The fourth-order valence-electron chi connectivity index (χ4n) is 2.65. The first-order valence-electron chi connectivity index (χ1n) is 6.59. The Morgan fingerprint density at radius 3 is 2.62 bits per heavy atom. The quantitative estimate of drug-likeness (QED) is 0.790. The maximum absolute atomic E-state index is 12.1. The van der Waals surface area contributed by atoms with Gasteiger partial charge in [-0.05, 0) is 18.2 Å². The lowest BCUT2D eigenvalue weighted by molar-refractivity contribution is -0.112. The number of rotatable bonds is 1. The predicted molar refractivity (Wildman–Crippen MR) is 78.7 cm³/mol. The molecule has 2 aromatic rings. The van der Waals surface area contributed by atoms with E-state index >= 15 is 0 Å². The summed E-state index contributed by atoms with van der Waals surface area (Å²) < 4.78 is 0. The minimum Gasteiger partial charge on any atom is -0.321 e. The molecule has 4 rings (SSSR count). The zero-order valence-corrected chi connectivity index (χ0v) is 11.0. The van der Waals surface area contributed by atoms with E-state index in [4.69, 9.17) is 0 Å². The van der Waals surface area contributed by atoms with Crippen LogP contribution in [0.25, 0.3) is 11.1 Å². The molecular formula is C17H10N2O2. The zero-order valence-electron chi connectivity index (χ0n) is 11.0. The molecule has 21 heavy (non-hydrogen) atoms. The van der Waals surface area contributed by atoms with Gasteiger partial charge in [-0.2, -0.15) is 0 Å². The normalized spacial score (nSPS) is 17.5. The molecule has 2 aromatic carbocycles. The van der Waals surface area contributed by atoms with Gasteiger partial charge in [0.05, 0.1) is 10.9 Å². The highest BCUT2D eigenvalue weighted by Crippen LogP contribution is 2.32. The van der Waals surface area contributed by atoms with Crippen molar-refractivity contribution in [3.8, 4) is 0 Å². The molecular weight excluding hydrogens is 264 g/mol. The lowest BCUT2D eigenvalue weighted by atomic mass is 10.0. The summed E-state index contributed by atoms with van der Waals surface area (Å²) in [6, 6.07) is 14.8. The van der Waals surface area contributed by atoms with Gasteiger partial charge in [0.25, 0.3) is 11.8 Å². The van der Waals surface area contributed by atoms with E-state index < -0.39 is 0 Å². The van der Waals surface area contributed by atoms with Crippen LogP contribution in [0.5, 0.6) is 0 Å². The molecule has 4 nitrogen and oxygen atoms in total. The second-order valence-corrected chi connectivity index (χ2v) is 4.91. The number of anilines is 1. The zero-order chi connectivity index (χ0) is 14.4. The van der Waals surface area contributed by atoms with Gasteiger partial charge in [-0.25, -0.2) is 4.99 Å². The van der Waals surface area contributed by atoms with Gasteiger partial charge in [-0.15, -0.1) is 0 Å². The van der Waals surface area contributed by atoms with Crippen LogP contribution in [-0.2, 0) is 9.59 Å². The average molecular weight is 274 g/mol. The molecule has 0 saturated heterocycles. The van der Waals surface area contributed by atoms with Crippen LogP contribution >= 0.6 is 0 Å². The Hall–Kier alpha value is -3.01. The van der Waals surface area contributed by atoms with Gasteiger partial charge in [0.2, 0.25) is 0 Å². The van der Waals surface area contributed by atoms with E-state index in [2.05, 4.69) is 10.3 Å². The fourth-order valence-corrected chi connectivity index (χ4v) is 2.65. The number of nitrogens with one attached hydrogen (secondary N) is 1. The molecule has 2 aliphatic heterocycles. The Morgan fingerprint density at radius 2 is 1.71 bits per heavy atom. The van der Waals surface area contributed by atoms with E-state index in [9.17, 15) is 9.59 Å². The van der Waals surface area contributed by atoms with E-state index in [0.29, 0.717) is 16.5 Å². The predicted octanol–water partition coefficient (Wildman–Crippen LogP) is 1.03. The summed E-state index contributed by atoms with van der Waals surface area (Å²) in [6.45, 7) is 0. The smallest absolute Gasteiger partial charge is 0.278 e. The maximum atomic E-state index is 12.1. The second kappa shape index (κ2) is 4.24. The lowest BCUT2D eigenvalue weighted by Gasteiger charge is -1.97. The van der Waals surface area contributed by atoms with Crippen LogP contribution in [0.15, 0.2) is 59.6 Å². The minimum atomic E-state index is -0.305.